The number of ether oxygens (including phenoxy) is 2. The fraction of sp³-hybridized carbons (Fsp3) is 0.136. The average Bonchev–Trinajstić information content (AvgIpc) is 3.00. The van der Waals surface area contributed by atoms with E-state index in [9.17, 15) is 18.8 Å². The van der Waals surface area contributed by atoms with Gasteiger partial charge in [-0.05, 0) is 53.7 Å². The van der Waals surface area contributed by atoms with Crippen LogP contribution in [0.5, 0.6) is 11.5 Å². The lowest BCUT2D eigenvalue weighted by Crippen LogP contribution is -2.36. The Morgan fingerprint density at radius 3 is 2.81 bits per heavy atom. The number of carbonyl (C=O) groups excluding carboxylic acids is 3. The van der Waals surface area contributed by atoms with E-state index >= 15 is 0 Å². The fourth-order valence-electron chi connectivity index (χ4n) is 2.78. The number of imide groups is 1. The van der Waals surface area contributed by atoms with Crippen LogP contribution < -0.4 is 14.8 Å². The highest BCUT2D eigenvalue weighted by Gasteiger charge is 2.36. The highest BCUT2D eigenvalue weighted by atomic mass is 35.5. The second-order valence-corrected chi connectivity index (χ2v) is 7.75. The van der Waals surface area contributed by atoms with Gasteiger partial charge in [-0.1, -0.05) is 23.6 Å². The lowest BCUT2D eigenvalue weighted by molar-refractivity contribution is -0.127. The predicted molar refractivity (Wildman–Crippen MR) is 120 cm³/mol. The first-order valence-corrected chi connectivity index (χ1v) is 10.3. The minimum absolute atomic E-state index is 0.00793. The summed E-state index contributed by atoms with van der Waals surface area (Å²) in [6, 6.07) is 8.37. The number of carbonyl (C=O) groups is 3. The molecule has 0 saturated carbocycles. The number of methoxy groups -OCH3 is 1. The standard InChI is InChI=1S/C22H16ClFN2O5S/c1-3-7-31-20-16(23)8-13(9-17(20)30-2)10-18-21(28)26(22(29)32-18)12-19(27)25-15-6-4-5-14(24)11-15/h1,4-6,8-11H,7,12H2,2H3,(H,25,27)/b18-10+. The Morgan fingerprint density at radius 1 is 1.34 bits per heavy atom. The maximum atomic E-state index is 13.3. The molecular formula is C22H16ClFN2O5S. The van der Waals surface area contributed by atoms with Gasteiger partial charge in [-0.15, -0.1) is 6.42 Å². The molecule has 0 aromatic heterocycles. The summed E-state index contributed by atoms with van der Waals surface area (Å²) in [6.45, 7) is -0.520. The predicted octanol–water partition coefficient (Wildman–Crippen LogP) is 4.17. The van der Waals surface area contributed by atoms with E-state index in [1.165, 1.54) is 37.5 Å². The number of terminal acetylenes is 1. The van der Waals surface area contributed by atoms with E-state index in [4.69, 9.17) is 27.5 Å². The number of hydrogen-bond donors (Lipinski definition) is 1. The summed E-state index contributed by atoms with van der Waals surface area (Å²) in [7, 11) is 1.42. The summed E-state index contributed by atoms with van der Waals surface area (Å²) in [5.74, 6) is 1.07. The maximum Gasteiger partial charge on any atom is 0.294 e. The second-order valence-electron chi connectivity index (χ2n) is 6.35. The molecule has 1 aliphatic rings. The summed E-state index contributed by atoms with van der Waals surface area (Å²) in [5, 5.41) is 2.04. The molecule has 1 N–H and O–H groups in total. The first-order valence-electron chi connectivity index (χ1n) is 9.07. The van der Waals surface area contributed by atoms with Crippen LogP contribution in [0, 0.1) is 18.2 Å². The van der Waals surface area contributed by atoms with E-state index in [0.29, 0.717) is 23.1 Å². The third kappa shape index (κ3) is 5.41. The number of anilines is 1. The summed E-state index contributed by atoms with van der Waals surface area (Å²) in [4.78, 5) is 38.1. The quantitative estimate of drug-likeness (QED) is 0.479. The van der Waals surface area contributed by atoms with E-state index < -0.39 is 29.4 Å². The molecule has 0 atom stereocenters. The van der Waals surface area contributed by atoms with Crippen molar-refractivity contribution in [2.45, 2.75) is 0 Å². The summed E-state index contributed by atoms with van der Waals surface area (Å²) >= 11 is 6.92. The normalized spacial score (nSPS) is 14.4. The van der Waals surface area contributed by atoms with Crippen LogP contribution in [-0.4, -0.2) is 42.2 Å². The Hall–Kier alpha value is -3.48. The van der Waals surface area contributed by atoms with E-state index in [0.717, 1.165) is 11.0 Å². The molecule has 3 amide bonds. The first-order chi connectivity index (χ1) is 15.3. The van der Waals surface area contributed by atoms with Gasteiger partial charge in [0.25, 0.3) is 11.1 Å². The molecular weight excluding hydrogens is 459 g/mol. The van der Waals surface area contributed by atoms with Gasteiger partial charge < -0.3 is 14.8 Å². The van der Waals surface area contributed by atoms with Crippen LogP contribution in [0.15, 0.2) is 41.3 Å². The molecule has 32 heavy (non-hydrogen) atoms. The van der Waals surface area contributed by atoms with Crippen LogP contribution in [0.3, 0.4) is 0 Å². The lowest BCUT2D eigenvalue weighted by Gasteiger charge is -2.13. The first kappa shape index (κ1) is 23.2. The molecule has 7 nitrogen and oxygen atoms in total. The number of nitrogens with one attached hydrogen (secondary N) is 1. The van der Waals surface area contributed by atoms with E-state index in [2.05, 4.69) is 11.2 Å². The maximum absolute atomic E-state index is 13.3. The highest BCUT2D eigenvalue weighted by molar-refractivity contribution is 8.18. The zero-order valence-electron chi connectivity index (χ0n) is 16.7. The Balaban J connectivity index is 1.76. The zero-order valence-corrected chi connectivity index (χ0v) is 18.3. The molecule has 1 heterocycles. The van der Waals surface area contributed by atoms with E-state index in [1.807, 2.05) is 0 Å². The van der Waals surface area contributed by atoms with Gasteiger partial charge in [0.15, 0.2) is 11.5 Å². The largest absolute Gasteiger partial charge is 0.493 e. The van der Waals surface area contributed by atoms with Crippen molar-refractivity contribution in [1.29, 1.82) is 0 Å². The number of nitrogens with zero attached hydrogens (tertiary/aromatic N) is 1. The molecule has 1 saturated heterocycles. The Bertz CT molecular complexity index is 1160. The Labute approximate surface area is 192 Å². The molecule has 0 radical (unpaired) electrons. The fourth-order valence-corrected chi connectivity index (χ4v) is 3.89. The number of amides is 3. The Kier molecular flexibility index (Phi) is 7.41. The van der Waals surface area contributed by atoms with E-state index in [-0.39, 0.29) is 28.0 Å². The number of rotatable bonds is 7. The second kappa shape index (κ2) is 10.2. The van der Waals surface area contributed by atoms with Crippen molar-refractivity contribution in [2.75, 3.05) is 25.6 Å². The average molecular weight is 475 g/mol. The molecule has 1 fully saturated rings. The van der Waals surface area contributed by atoms with Crippen molar-refractivity contribution in [1.82, 2.24) is 4.90 Å². The SMILES string of the molecule is C#CCOc1c(Cl)cc(/C=C2/SC(=O)N(CC(=O)Nc3cccc(F)c3)C2=O)cc1OC. The van der Waals surface area contributed by atoms with Crippen molar-refractivity contribution in [3.8, 4) is 23.8 Å². The molecule has 164 valence electrons. The smallest absolute Gasteiger partial charge is 0.294 e. The van der Waals surface area contributed by atoms with Crippen molar-refractivity contribution in [2.24, 2.45) is 0 Å². The molecule has 2 aromatic rings. The zero-order chi connectivity index (χ0) is 23.3. The molecule has 3 rings (SSSR count). The molecule has 1 aliphatic heterocycles. The highest BCUT2D eigenvalue weighted by Crippen LogP contribution is 2.38. The molecule has 10 heteroatoms. The summed E-state index contributed by atoms with van der Waals surface area (Å²) in [5.41, 5.74) is 0.695. The number of thioether (sulfide) groups is 1. The van der Waals surface area contributed by atoms with Gasteiger partial charge >= 0.3 is 0 Å². The number of hydrogen-bond acceptors (Lipinski definition) is 6. The third-order valence-corrected chi connectivity index (χ3v) is 5.32. The van der Waals surface area contributed by atoms with Crippen LogP contribution >= 0.6 is 23.4 Å². The van der Waals surface area contributed by atoms with Crippen LogP contribution in [0.25, 0.3) is 6.08 Å². The minimum Gasteiger partial charge on any atom is -0.493 e. The van der Waals surface area contributed by atoms with Gasteiger partial charge in [0.05, 0.1) is 17.0 Å². The van der Waals surface area contributed by atoms with Crippen LogP contribution in [0.1, 0.15) is 5.56 Å². The minimum atomic E-state index is -0.642. The van der Waals surface area contributed by atoms with Gasteiger partial charge in [-0.3, -0.25) is 19.3 Å². The summed E-state index contributed by atoms with van der Waals surface area (Å²) < 4.78 is 23.9. The molecule has 0 unspecified atom stereocenters. The van der Waals surface area contributed by atoms with Crippen LogP contribution in [0.2, 0.25) is 5.02 Å². The van der Waals surface area contributed by atoms with Gasteiger partial charge in [-0.2, -0.15) is 0 Å². The van der Waals surface area contributed by atoms with Gasteiger partial charge in [0.1, 0.15) is 19.0 Å². The van der Waals surface area contributed by atoms with Crippen molar-refractivity contribution >= 4 is 52.2 Å². The van der Waals surface area contributed by atoms with Gasteiger partial charge in [-0.25, -0.2) is 4.39 Å². The third-order valence-electron chi connectivity index (χ3n) is 4.13. The Morgan fingerprint density at radius 2 is 2.12 bits per heavy atom. The molecule has 2 aromatic carbocycles. The monoisotopic (exact) mass is 474 g/mol. The van der Waals surface area contributed by atoms with Crippen molar-refractivity contribution < 1.29 is 28.2 Å². The topological polar surface area (TPSA) is 84.9 Å². The van der Waals surface area contributed by atoms with Crippen molar-refractivity contribution in [3.63, 3.8) is 0 Å². The van der Waals surface area contributed by atoms with Crippen molar-refractivity contribution in [3.05, 3.63) is 57.7 Å². The van der Waals surface area contributed by atoms with Gasteiger partial charge in [0.2, 0.25) is 5.91 Å². The molecule has 0 spiro atoms. The van der Waals surface area contributed by atoms with Crippen LogP contribution in [-0.2, 0) is 9.59 Å². The number of halogens is 2. The van der Waals surface area contributed by atoms with Gasteiger partial charge in [0, 0.05) is 5.69 Å². The lowest BCUT2D eigenvalue weighted by atomic mass is 10.1. The molecule has 0 aliphatic carbocycles. The molecule has 0 bridgehead atoms. The number of benzene rings is 2. The van der Waals surface area contributed by atoms with E-state index in [1.54, 1.807) is 6.07 Å². The van der Waals surface area contributed by atoms with Crippen LogP contribution in [0.4, 0.5) is 14.9 Å². The summed E-state index contributed by atoms with van der Waals surface area (Å²) in [6.07, 6.45) is 6.64.